The Morgan fingerprint density at radius 1 is 1.23 bits per heavy atom. The third kappa shape index (κ3) is 10.3. The van der Waals surface area contributed by atoms with Gasteiger partial charge in [0, 0.05) is 19.0 Å². The Labute approximate surface area is 183 Å². The van der Waals surface area contributed by atoms with Gasteiger partial charge >= 0.3 is 0 Å². The summed E-state index contributed by atoms with van der Waals surface area (Å²) in [6.07, 6.45) is 1.19. The second-order valence-electron chi connectivity index (χ2n) is 7.70. The van der Waals surface area contributed by atoms with E-state index in [4.69, 9.17) is 14.6 Å². The fourth-order valence-corrected chi connectivity index (χ4v) is 3.41. The summed E-state index contributed by atoms with van der Waals surface area (Å²) in [5.74, 6) is 0.447. The number of nitrogens with zero attached hydrogens (tertiary/aromatic N) is 1. The zero-order chi connectivity index (χ0) is 23.2. The van der Waals surface area contributed by atoms with Gasteiger partial charge in [-0.3, -0.25) is 14.4 Å². The van der Waals surface area contributed by atoms with Gasteiger partial charge in [0.2, 0.25) is 11.8 Å². The van der Waals surface area contributed by atoms with E-state index >= 15 is 0 Å². The minimum absolute atomic E-state index is 0.0138. The van der Waals surface area contributed by atoms with Gasteiger partial charge in [-0.15, -0.1) is 0 Å². The summed E-state index contributed by atoms with van der Waals surface area (Å²) >= 11 is 0. The first-order valence-electron chi connectivity index (χ1n) is 10.5. The molecule has 31 heavy (non-hydrogen) atoms. The van der Waals surface area contributed by atoms with Crippen LogP contribution in [0.1, 0.15) is 31.7 Å². The summed E-state index contributed by atoms with van der Waals surface area (Å²) in [4.78, 5) is 34.9. The molecular weight excluding hydrogens is 402 g/mol. The number of aliphatic hydroxyl groups excluding tert-OH is 1. The topological polar surface area (TPSA) is 128 Å². The lowest BCUT2D eigenvalue weighted by atomic mass is 9.83. The van der Waals surface area contributed by atoms with E-state index in [0.717, 1.165) is 17.9 Å². The van der Waals surface area contributed by atoms with Crippen molar-refractivity contribution in [3.8, 4) is 5.75 Å². The summed E-state index contributed by atoms with van der Waals surface area (Å²) in [6, 6.07) is 7.13. The summed E-state index contributed by atoms with van der Waals surface area (Å²) in [6.45, 7) is 3.66. The molecule has 0 bridgehead atoms. The predicted octanol–water partition coefficient (Wildman–Crippen LogP) is 0.652. The maximum Gasteiger partial charge on any atom is 0.290 e. The van der Waals surface area contributed by atoms with Crippen molar-refractivity contribution in [2.75, 3.05) is 33.8 Å². The van der Waals surface area contributed by atoms with Crippen molar-refractivity contribution < 1.29 is 29.3 Å². The van der Waals surface area contributed by atoms with Crippen molar-refractivity contribution in [1.29, 1.82) is 0 Å². The van der Waals surface area contributed by atoms with Crippen molar-refractivity contribution >= 4 is 18.3 Å². The lowest BCUT2D eigenvalue weighted by molar-refractivity contribution is -0.128. The summed E-state index contributed by atoms with van der Waals surface area (Å²) < 4.78 is 5.40. The van der Waals surface area contributed by atoms with Crippen LogP contribution in [-0.2, 0) is 20.8 Å². The molecule has 2 rings (SSSR count). The number of carboxylic acid groups (broad SMARTS) is 1. The number of benzene rings is 1. The summed E-state index contributed by atoms with van der Waals surface area (Å²) in [5, 5.41) is 23.1. The Balaban J connectivity index is 0.00000151. The highest BCUT2D eigenvalue weighted by atomic mass is 16.5. The predicted molar refractivity (Wildman–Crippen MR) is 117 cm³/mol. The molecule has 9 heteroatoms. The van der Waals surface area contributed by atoms with Gasteiger partial charge < -0.3 is 30.5 Å². The van der Waals surface area contributed by atoms with Crippen LogP contribution in [0, 0.1) is 5.92 Å². The lowest BCUT2D eigenvalue weighted by Gasteiger charge is -2.33. The molecule has 3 atom stereocenters. The Hall–Kier alpha value is -2.65. The highest BCUT2D eigenvalue weighted by Crippen LogP contribution is 2.25. The van der Waals surface area contributed by atoms with Crippen molar-refractivity contribution in [2.45, 2.75) is 44.8 Å². The third-order valence-corrected chi connectivity index (χ3v) is 4.99. The average Bonchev–Trinajstić information content (AvgIpc) is 2.71. The number of ether oxygens (including phenoxy) is 1. The van der Waals surface area contributed by atoms with Crippen molar-refractivity contribution in [1.82, 2.24) is 15.5 Å². The molecule has 174 valence electrons. The molecule has 0 saturated heterocycles. The standard InChI is InChI=1S/C21H33N3O4.CH2O2/c1-4-28-17-8-5-15(6-9-17)13-20(26)23-18-10-7-16(14-19(18)25)21(27)22-11-12-24(2)3;2-1-3/h5-6,8-9,16,18-19,25H,4,7,10-14H2,1-3H3,(H,22,27)(H,23,26);1H,(H,2,3)/t16-,18-,19-;/m0./s1. The minimum Gasteiger partial charge on any atom is -0.494 e. The number of hydrogen-bond acceptors (Lipinski definition) is 6. The number of nitrogens with one attached hydrogen (secondary N) is 2. The molecule has 0 aromatic heterocycles. The molecule has 0 radical (unpaired) electrons. The van der Waals surface area contributed by atoms with Gasteiger partial charge in [0.05, 0.1) is 25.2 Å². The van der Waals surface area contributed by atoms with Gasteiger partial charge in [0.1, 0.15) is 5.75 Å². The monoisotopic (exact) mass is 437 g/mol. The van der Waals surface area contributed by atoms with Crippen LogP contribution < -0.4 is 15.4 Å². The van der Waals surface area contributed by atoms with E-state index < -0.39 is 6.10 Å². The summed E-state index contributed by atoms with van der Waals surface area (Å²) in [7, 11) is 3.91. The smallest absolute Gasteiger partial charge is 0.290 e. The number of hydrogen-bond donors (Lipinski definition) is 4. The van der Waals surface area contributed by atoms with Crippen molar-refractivity contribution in [3.63, 3.8) is 0 Å². The van der Waals surface area contributed by atoms with Crippen molar-refractivity contribution in [2.24, 2.45) is 5.92 Å². The first-order chi connectivity index (χ1) is 14.8. The second-order valence-corrected chi connectivity index (χ2v) is 7.70. The first kappa shape index (κ1) is 26.4. The lowest BCUT2D eigenvalue weighted by Crippen LogP contribution is -2.49. The third-order valence-electron chi connectivity index (χ3n) is 4.99. The molecule has 1 aliphatic carbocycles. The van der Waals surface area contributed by atoms with Gasteiger partial charge in [-0.2, -0.15) is 0 Å². The number of likely N-dealkylation sites (N-methyl/N-ethyl adjacent to an activating group) is 1. The minimum atomic E-state index is -0.706. The van der Waals surface area contributed by atoms with Crippen LogP contribution in [0.3, 0.4) is 0 Å². The maximum absolute atomic E-state index is 12.3. The van der Waals surface area contributed by atoms with E-state index in [-0.39, 0.29) is 36.7 Å². The fourth-order valence-electron chi connectivity index (χ4n) is 3.41. The van der Waals surface area contributed by atoms with Gasteiger partial charge in [-0.1, -0.05) is 12.1 Å². The molecule has 9 nitrogen and oxygen atoms in total. The molecule has 1 fully saturated rings. The molecule has 1 aliphatic rings. The fraction of sp³-hybridized carbons (Fsp3) is 0.591. The molecule has 0 unspecified atom stereocenters. The average molecular weight is 438 g/mol. The first-order valence-corrected chi connectivity index (χ1v) is 10.5. The summed E-state index contributed by atoms with van der Waals surface area (Å²) in [5.41, 5.74) is 0.893. The molecule has 0 spiro atoms. The number of carbonyl (C=O) groups is 3. The Bertz CT molecular complexity index is 680. The zero-order valence-corrected chi connectivity index (χ0v) is 18.5. The van der Waals surface area contributed by atoms with E-state index in [1.165, 1.54) is 0 Å². The van der Waals surface area contributed by atoms with Crippen LogP contribution in [0.4, 0.5) is 0 Å². The van der Waals surface area contributed by atoms with Crippen LogP contribution in [0.15, 0.2) is 24.3 Å². The Morgan fingerprint density at radius 3 is 2.42 bits per heavy atom. The van der Waals surface area contributed by atoms with Crippen molar-refractivity contribution in [3.05, 3.63) is 29.8 Å². The molecule has 1 aromatic rings. The van der Waals surface area contributed by atoms with Gasteiger partial charge in [0.25, 0.3) is 6.47 Å². The van der Waals surface area contributed by atoms with E-state index in [1.54, 1.807) is 0 Å². The van der Waals surface area contributed by atoms with Gasteiger partial charge in [0.15, 0.2) is 0 Å². The normalized spacial score (nSPS) is 20.2. The molecule has 1 aromatic carbocycles. The SMILES string of the molecule is CCOc1ccc(CC(=O)N[C@H]2CC[C@H](C(=O)NCCN(C)C)C[C@@H]2O)cc1.O=CO. The molecule has 1 saturated carbocycles. The maximum atomic E-state index is 12.3. The van der Waals surface area contributed by atoms with Crippen LogP contribution in [-0.4, -0.2) is 79.3 Å². The Kier molecular flexibility index (Phi) is 12.2. The number of carbonyl (C=O) groups excluding carboxylic acids is 2. The quantitative estimate of drug-likeness (QED) is 0.418. The highest BCUT2D eigenvalue weighted by molar-refractivity contribution is 5.80. The van der Waals surface area contributed by atoms with E-state index in [0.29, 0.717) is 32.4 Å². The van der Waals surface area contributed by atoms with E-state index in [2.05, 4.69) is 10.6 Å². The van der Waals surface area contributed by atoms with Gasteiger partial charge in [-0.05, 0) is 58.0 Å². The molecule has 0 aliphatic heterocycles. The highest BCUT2D eigenvalue weighted by Gasteiger charge is 2.33. The van der Waals surface area contributed by atoms with Crippen LogP contribution >= 0.6 is 0 Å². The second kappa shape index (κ2) is 14.4. The molecule has 4 N–H and O–H groups in total. The van der Waals surface area contributed by atoms with Crippen LogP contribution in [0.25, 0.3) is 0 Å². The van der Waals surface area contributed by atoms with E-state index in [9.17, 15) is 14.7 Å². The van der Waals surface area contributed by atoms with E-state index in [1.807, 2.05) is 50.2 Å². The number of amides is 2. The van der Waals surface area contributed by atoms with Gasteiger partial charge in [-0.25, -0.2) is 0 Å². The largest absolute Gasteiger partial charge is 0.494 e. The number of aliphatic hydroxyl groups is 1. The molecular formula is C22H35N3O6. The molecule has 0 heterocycles. The number of rotatable bonds is 9. The van der Waals surface area contributed by atoms with Crippen LogP contribution in [0.2, 0.25) is 0 Å². The molecule has 2 amide bonds. The van der Waals surface area contributed by atoms with Crippen LogP contribution in [0.5, 0.6) is 5.75 Å². The zero-order valence-electron chi connectivity index (χ0n) is 18.5. The Morgan fingerprint density at radius 2 is 1.87 bits per heavy atom.